The van der Waals surface area contributed by atoms with Gasteiger partial charge in [0.05, 0.1) is 18.2 Å². The maximum Gasteiger partial charge on any atom is 0.204 e. The van der Waals surface area contributed by atoms with Gasteiger partial charge in [0.1, 0.15) is 16.5 Å². The van der Waals surface area contributed by atoms with Crippen molar-refractivity contribution in [2.75, 3.05) is 13.2 Å². The van der Waals surface area contributed by atoms with Crippen LogP contribution in [-0.2, 0) is 12.8 Å². The summed E-state index contributed by atoms with van der Waals surface area (Å²) in [6.07, 6.45) is 8.18. The summed E-state index contributed by atoms with van der Waals surface area (Å²) in [4.78, 5) is 0. The van der Waals surface area contributed by atoms with Gasteiger partial charge in [-0.2, -0.15) is 5.21 Å². The Morgan fingerprint density at radius 1 is 1.03 bits per heavy atom. The zero-order valence-corrected chi connectivity index (χ0v) is 20.3. The largest absolute Gasteiger partial charge is 0.493 e. The second kappa shape index (κ2) is 9.51. The highest BCUT2D eigenvalue weighted by Gasteiger charge is 2.42. The van der Waals surface area contributed by atoms with Crippen LogP contribution < -0.4 is 9.47 Å². The SMILES string of the molecule is CC1(C2CCCC2)Cc2cc(OCCCOc3ccc(-c4nn[nH]n4)cc3)c(Cl)c(Cl)c2C1. The molecule has 1 saturated carbocycles. The molecule has 0 saturated heterocycles. The number of hydrogen-bond donors (Lipinski definition) is 1. The molecule has 1 N–H and O–H groups in total. The maximum absolute atomic E-state index is 6.70. The summed E-state index contributed by atoms with van der Waals surface area (Å²) >= 11 is 13.3. The Bertz CT molecular complexity index is 1100. The van der Waals surface area contributed by atoms with E-state index in [1.165, 1.54) is 36.8 Å². The summed E-state index contributed by atoms with van der Waals surface area (Å²) < 4.78 is 11.8. The number of rotatable bonds is 8. The van der Waals surface area contributed by atoms with Crippen LogP contribution >= 0.6 is 23.2 Å². The number of nitrogens with one attached hydrogen (secondary N) is 1. The Morgan fingerprint density at radius 3 is 2.52 bits per heavy atom. The van der Waals surface area contributed by atoms with Gasteiger partial charge < -0.3 is 9.47 Å². The molecule has 2 aromatic carbocycles. The molecular weight excluding hydrogens is 459 g/mol. The molecule has 1 heterocycles. The van der Waals surface area contributed by atoms with Crippen molar-refractivity contribution in [1.82, 2.24) is 20.6 Å². The molecule has 0 aliphatic heterocycles. The van der Waals surface area contributed by atoms with Crippen LogP contribution in [0.3, 0.4) is 0 Å². The van der Waals surface area contributed by atoms with Crippen molar-refractivity contribution >= 4 is 23.2 Å². The molecule has 8 heteroatoms. The lowest BCUT2D eigenvalue weighted by Gasteiger charge is -2.31. The number of aromatic nitrogens is 4. The number of hydrogen-bond acceptors (Lipinski definition) is 5. The first kappa shape index (κ1) is 22.5. The third kappa shape index (κ3) is 4.69. The van der Waals surface area contributed by atoms with E-state index in [9.17, 15) is 0 Å². The summed E-state index contributed by atoms with van der Waals surface area (Å²) in [6.45, 7) is 3.47. The molecule has 0 amide bonds. The van der Waals surface area contributed by atoms with Gasteiger partial charge >= 0.3 is 0 Å². The highest BCUT2D eigenvalue weighted by atomic mass is 35.5. The zero-order chi connectivity index (χ0) is 22.8. The maximum atomic E-state index is 6.70. The average molecular weight is 487 g/mol. The van der Waals surface area contributed by atoms with E-state index in [1.54, 1.807) is 0 Å². The summed E-state index contributed by atoms with van der Waals surface area (Å²) in [5.41, 5.74) is 3.69. The summed E-state index contributed by atoms with van der Waals surface area (Å²) in [7, 11) is 0. The molecule has 6 nitrogen and oxygen atoms in total. The molecule has 1 fully saturated rings. The zero-order valence-electron chi connectivity index (χ0n) is 18.7. The first-order valence-electron chi connectivity index (χ1n) is 11.6. The predicted molar refractivity (Wildman–Crippen MR) is 129 cm³/mol. The van der Waals surface area contributed by atoms with Gasteiger partial charge in [-0.1, -0.05) is 43.0 Å². The van der Waals surface area contributed by atoms with E-state index in [0.717, 1.165) is 36.5 Å². The fourth-order valence-corrected chi connectivity index (χ4v) is 5.88. The van der Waals surface area contributed by atoms with Crippen molar-refractivity contribution < 1.29 is 9.47 Å². The van der Waals surface area contributed by atoms with E-state index in [2.05, 4.69) is 33.6 Å². The van der Waals surface area contributed by atoms with Crippen LogP contribution in [0.15, 0.2) is 30.3 Å². The van der Waals surface area contributed by atoms with Crippen LogP contribution in [0.2, 0.25) is 10.0 Å². The minimum absolute atomic E-state index is 0.289. The van der Waals surface area contributed by atoms with Crippen molar-refractivity contribution in [3.05, 3.63) is 51.5 Å². The molecule has 2 aliphatic carbocycles. The van der Waals surface area contributed by atoms with Crippen LogP contribution in [0.5, 0.6) is 11.5 Å². The van der Waals surface area contributed by atoms with Gasteiger partial charge in [-0.3, -0.25) is 0 Å². The molecular formula is C25H28Cl2N4O2. The second-order valence-corrected chi connectivity index (χ2v) is 10.2. The Hall–Kier alpha value is -2.31. The molecule has 1 unspecified atom stereocenters. The Labute approximate surface area is 204 Å². The molecule has 2 aliphatic rings. The van der Waals surface area contributed by atoms with Crippen molar-refractivity contribution in [3.8, 4) is 22.9 Å². The second-order valence-electron chi connectivity index (χ2n) is 9.44. The number of fused-ring (bicyclic) bond motifs is 1. The van der Waals surface area contributed by atoms with Gasteiger partial charge in [-0.25, -0.2) is 0 Å². The van der Waals surface area contributed by atoms with E-state index in [1.807, 2.05) is 24.3 Å². The topological polar surface area (TPSA) is 72.9 Å². The van der Waals surface area contributed by atoms with Crippen molar-refractivity contribution in [2.45, 2.75) is 51.9 Å². The molecule has 0 spiro atoms. The number of aromatic amines is 1. The number of nitrogens with zero attached hydrogens (tertiary/aromatic N) is 3. The Morgan fingerprint density at radius 2 is 1.79 bits per heavy atom. The molecule has 33 heavy (non-hydrogen) atoms. The number of benzene rings is 2. The Kier molecular flexibility index (Phi) is 6.48. The van der Waals surface area contributed by atoms with E-state index in [4.69, 9.17) is 32.7 Å². The molecule has 1 atom stereocenters. The fraction of sp³-hybridized carbons (Fsp3) is 0.480. The van der Waals surface area contributed by atoms with Crippen LogP contribution in [0, 0.1) is 11.3 Å². The lowest BCUT2D eigenvalue weighted by atomic mass is 9.74. The normalized spacial score (nSPS) is 20.2. The van der Waals surface area contributed by atoms with Crippen molar-refractivity contribution in [1.29, 1.82) is 0 Å². The first-order valence-corrected chi connectivity index (χ1v) is 12.4. The summed E-state index contributed by atoms with van der Waals surface area (Å²) in [5, 5.41) is 15.2. The molecule has 3 aromatic rings. The van der Waals surface area contributed by atoms with Gasteiger partial charge in [0.2, 0.25) is 5.82 Å². The van der Waals surface area contributed by atoms with Gasteiger partial charge in [-0.05, 0) is 83.7 Å². The minimum Gasteiger partial charge on any atom is -0.493 e. The van der Waals surface area contributed by atoms with E-state index in [0.29, 0.717) is 34.8 Å². The van der Waals surface area contributed by atoms with Crippen LogP contribution in [0.25, 0.3) is 11.4 Å². The van der Waals surface area contributed by atoms with Gasteiger partial charge in [0.15, 0.2) is 0 Å². The lowest BCUT2D eigenvalue weighted by Crippen LogP contribution is -2.26. The monoisotopic (exact) mass is 486 g/mol. The molecule has 174 valence electrons. The number of H-pyrrole nitrogens is 1. The molecule has 0 radical (unpaired) electrons. The third-order valence-electron chi connectivity index (χ3n) is 7.16. The van der Waals surface area contributed by atoms with Crippen LogP contribution in [0.4, 0.5) is 0 Å². The lowest BCUT2D eigenvalue weighted by molar-refractivity contribution is 0.203. The summed E-state index contributed by atoms with van der Waals surface area (Å²) in [6, 6.07) is 9.71. The molecule has 0 bridgehead atoms. The number of halogens is 2. The van der Waals surface area contributed by atoms with Crippen molar-refractivity contribution in [2.24, 2.45) is 11.3 Å². The smallest absolute Gasteiger partial charge is 0.204 e. The van der Waals surface area contributed by atoms with Gasteiger partial charge in [-0.15, -0.1) is 10.2 Å². The average Bonchev–Trinajstić information content (AvgIpc) is 3.59. The summed E-state index contributed by atoms with van der Waals surface area (Å²) in [5.74, 6) is 2.80. The van der Waals surface area contributed by atoms with Crippen molar-refractivity contribution in [3.63, 3.8) is 0 Å². The van der Waals surface area contributed by atoms with E-state index < -0.39 is 0 Å². The quantitative estimate of drug-likeness (QED) is 0.377. The van der Waals surface area contributed by atoms with E-state index in [-0.39, 0.29) is 5.41 Å². The first-order chi connectivity index (χ1) is 16.0. The third-order valence-corrected chi connectivity index (χ3v) is 8.04. The molecule has 1 aromatic heterocycles. The fourth-order valence-electron chi connectivity index (χ4n) is 5.37. The number of tetrazole rings is 1. The van der Waals surface area contributed by atoms with E-state index >= 15 is 0 Å². The van der Waals surface area contributed by atoms with Gasteiger partial charge in [0.25, 0.3) is 0 Å². The highest BCUT2D eigenvalue weighted by Crippen LogP contribution is 2.52. The Balaban J connectivity index is 1.14. The van der Waals surface area contributed by atoms with Crippen LogP contribution in [-0.4, -0.2) is 33.8 Å². The standard InChI is InChI=1S/C25H28Cl2N4O2/c1-25(18-5-2-3-6-18)14-17-13-21(23(27)22(26)20(17)15-25)33-12-4-11-32-19-9-7-16(8-10-19)24-28-30-31-29-24/h7-10,13,18H,2-6,11-12,14-15H2,1H3,(H,28,29,30,31). The minimum atomic E-state index is 0.289. The van der Waals surface area contributed by atoms with Crippen LogP contribution in [0.1, 0.15) is 50.2 Å². The predicted octanol–water partition coefficient (Wildman–Crippen LogP) is 6.32. The molecule has 5 rings (SSSR count). The number of ether oxygens (including phenoxy) is 2. The van der Waals surface area contributed by atoms with Gasteiger partial charge in [0, 0.05) is 12.0 Å². The highest BCUT2D eigenvalue weighted by molar-refractivity contribution is 6.43.